The molecule has 0 saturated carbocycles. The third-order valence-corrected chi connectivity index (χ3v) is 7.27. The molecular formula is C21H25FN4O2S. The van der Waals surface area contributed by atoms with Crippen molar-refractivity contribution in [2.24, 2.45) is 5.92 Å². The first kappa shape index (κ1) is 20.0. The van der Waals surface area contributed by atoms with Gasteiger partial charge in [0.05, 0.1) is 4.90 Å². The van der Waals surface area contributed by atoms with Gasteiger partial charge in [-0.25, -0.2) is 22.8 Å². The first-order valence-corrected chi connectivity index (χ1v) is 11.4. The molecule has 4 rings (SSSR count). The van der Waals surface area contributed by atoms with Crippen LogP contribution in [0.25, 0.3) is 11.2 Å². The number of imidazole rings is 1. The van der Waals surface area contributed by atoms with Crippen LogP contribution in [0.15, 0.2) is 47.5 Å². The number of fused-ring (bicyclic) bond motifs is 1. The van der Waals surface area contributed by atoms with E-state index in [-0.39, 0.29) is 10.9 Å². The van der Waals surface area contributed by atoms with E-state index in [1.165, 1.54) is 28.6 Å². The average molecular weight is 417 g/mol. The summed E-state index contributed by atoms with van der Waals surface area (Å²) in [7, 11) is -3.62. The summed E-state index contributed by atoms with van der Waals surface area (Å²) < 4.78 is 42.6. The van der Waals surface area contributed by atoms with Crippen molar-refractivity contribution in [3.05, 3.63) is 54.2 Å². The quantitative estimate of drug-likeness (QED) is 0.635. The maximum Gasteiger partial charge on any atom is 0.243 e. The lowest BCUT2D eigenvalue weighted by Gasteiger charge is -2.32. The first-order chi connectivity index (χ1) is 13.9. The number of nitrogens with zero attached hydrogens (tertiary/aromatic N) is 4. The van der Waals surface area contributed by atoms with Crippen LogP contribution >= 0.6 is 0 Å². The minimum Gasteiger partial charge on any atom is -0.309 e. The molecule has 0 spiro atoms. The zero-order valence-electron chi connectivity index (χ0n) is 16.6. The van der Waals surface area contributed by atoms with Crippen LogP contribution in [0.4, 0.5) is 4.39 Å². The number of hydrogen-bond acceptors (Lipinski definition) is 4. The molecule has 154 valence electrons. The van der Waals surface area contributed by atoms with Crippen molar-refractivity contribution >= 4 is 21.2 Å². The molecule has 1 aliphatic heterocycles. The highest BCUT2D eigenvalue weighted by Gasteiger charge is 2.31. The fourth-order valence-corrected chi connectivity index (χ4v) is 5.44. The Hall–Kier alpha value is -2.32. The molecule has 3 heterocycles. The lowest BCUT2D eigenvalue weighted by atomic mass is 10.1. The van der Waals surface area contributed by atoms with E-state index in [0.29, 0.717) is 31.8 Å². The van der Waals surface area contributed by atoms with Crippen molar-refractivity contribution in [3.63, 3.8) is 0 Å². The van der Waals surface area contributed by atoms with Gasteiger partial charge in [0.2, 0.25) is 10.0 Å². The Kier molecular flexibility index (Phi) is 5.40. The van der Waals surface area contributed by atoms with Gasteiger partial charge in [0.1, 0.15) is 17.2 Å². The minimum absolute atomic E-state index is 0.132. The molecule has 0 unspecified atom stereocenters. The van der Waals surface area contributed by atoms with Crippen molar-refractivity contribution < 1.29 is 12.8 Å². The van der Waals surface area contributed by atoms with Crippen molar-refractivity contribution in [3.8, 4) is 0 Å². The van der Waals surface area contributed by atoms with Crippen LogP contribution in [-0.4, -0.2) is 40.3 Å². The van der Waals surface area contributed by atoms with E-state index < -0.39 is 15.8 Å². The molecule has 8 heteroatoms. The summed E-state index contributed by atoms with van der Waals surface area (Å²) in [6, 6.07) is 9.02. The van der Waals surface area contributed by atoms with Gasteiger partial charge in [0.25, 0.3) is 0 Å². The second-order valence-corrected chi connectivity index (χ2v) is 9.87. The van der Waals surface area contributed by atoms with Crippen LogP contribution in [0.2, 0.25) is 0 Å². The van der Waals surface area contributed by atoms with Crippen LogP contribution in [0.1, 0.15) is 38.6 Å². The van der Waals surface area contributed by atoms with E-state index in [9.17, 15) is 12.8 Å². The summed E-state index contributed by atoms with van der Waals surface area (Å²) in [6.45, 7) is 5.15. The Morgan fingerprint density at radius 3 is 2.48 bits per heavy atom. The summed E-state index contributed by atoms with van der Waals surface area (Å²) in [4.78, 5) is 9.46. The van der Waals surface area contributed by atoms with Crippen LogP contribution in [-0.2, 0) is 16.4 Å². The maximum absolute atomic E-state index is 13.2. The highest BCUT2D eigenvalue weighted by atomic mass is 32.2. The molecule has 0 N–H and O–H groups in total. The Morgan fingerprint density at radius 2 is 1.83 bits per heavy atom. The minimum atomic E-state index is -3.62. The van der Waals surface area contributed by atoms with Crippen molar-refractivity contribution in [1.82, 2.24) is 18.8 Å². The molecule has 1 aliphatic rings. The fourth-order valence-electron chi connectivity index (χ4n) is 3.97. The summed E-state index contributed by atoms with van der Waals surface area (Å²) in [5.74, 6) is 1.03. The fraction of sp³-hybridized carbons (Fsp3) is 0.429. The van der Waals surface area contributed by atoms with Crippen LogP contribution in [0.5, 0.6) is 0 Å². The van der Waals surface area contributed by atoms with E-state index in [1.807, 2.05) is 12.1 Å². The predicted molar refractivity (Wildman–Crippen MR) is 109 cm³/mol. The summed E-state index contributed by atoms with van der Waals surface area (Å²) in [5.41, 5.74) is 1.74. The number of halogens is 1. The van der Waals surface area contributed by atoms with Gasteiger partial charge in [-0.05, 0) is 55.2 Å². The standard InChI is InChI=1S/C21H25FN4O2S/c1-15(2)14-20-24-19-4-3-11-23-21(19)26(20)17-9-12-25(13-10-17)29(27,28)18-7-5-16(22)6-8-18/h3-8,11,15,17H,9-10,12-14H2,1-2H3. The third kappa shape index (κ3) is 3.91. The lowest BCUT2D eigenvalue weighted by Crippen LogP contribution is -2.39. The molecule has 0 bridgehead atoms. The molecule has 1 aromatic carbocycles. The van der Waals surface area contributed by atoms with Crippen LogP contribution < -0.4 is 0 Å². The molecule has 0 aliphatic carbocycles. The molecular weight excluding hydrogens is 391 g/mol. The number of sulfonamides is 1. The van der Waals surface area contributed by atoms with Gasteiger partial charge in [0.15, 0.2) is 5.65 Å². The van der Waals surface area contributed by atoms with E-state index >= 15 is 0 Å². The summed E-state index contributed by atoms with van der Waals surface area (Å²) in [6.07, 6.45) is 4.00. The van der Waals surface area contributed by atoms with Crippen molar-refractivity contribution in [1.29, 1.82) is 0 Å². The second-order valence-electron chi connectivity index (χ2n) is 7.93. The Labute approximate surface area is 170 Å². The molecule has 0 radical (unpaired) electrons. The maximum atomic E-state index is 13.2. The van der Waals surface area contributed by atoms with E-state index in [4.69, 9.17) is 4.98 Å². The number of pyridine rings is 1. The van der Waals surface area contributed by atoms with E-state index in [2.05, 4.69) is 23.4 Å². The van der Waals surface area contributed by atoms with Crippen molar-refractivity contribution in [2.75, 3.05) is 13.1 Å². The van der Waals surface area contributed by atoms with Gasteiger partial charge in [-0.3, -0.25) is 0 Å². The molecule has 3 aromatic rings. The number of benzene rings is 1. The zero-order chi connectivity index (χ0) is 20.6. The predicted octanol–water partition coefficient (Wildman–Crippen LogP) is 3.79. The van der Waals surface area contributed by atoms with Gasteiger partial charge in [-0.2, -0.15) is 4.31 Å². The Morgan fingerprint density at radius 1 is 1.14 bits per heavy atom. The molecule has 0 amide bonds. The lowest BCUT2D eigenvalue weighted by molar-refractivity contribution is 0.272. The van der Waals surface area contributed by atoms with Gasteiger partial charge in [-0.1, -0.05) is 13.8 Å². The van der Waals surface area contributed by atoms with Gasteiger partial charge < -0.3 is 4.57 Å². The van der Waals surface area contributed by atoms with E-state index in [1.54, 1.807) is 6.20 Å². The third-order valence-electron chi connectivity index (χ3n) is 5.35. The normalized spacial score (nSPS) is 16.7. The number of rotatable bonds is 5. The van der Waals surface area contributed by atoms with Gasteiger partial charge in [-0.15, -0.1) is 0 Å². The molecule has 29 heavy (non-hydrogen) atoms. The van der Waals surface area contributed by atoms with E-state index in [0.717, 1.165) is 23.4 Å². The number of aromatic nitrogens is 3. The SMILES string of the molecule is CC(C)Cc1nc2cccnc2n1C1CCN(S(=O)(=O)c2ccc(F)cc2)CC1. The first-order valence-electron chi connectivity index (χ1n) is 9.94. The largest absolute Gasteiger partial charge is 0.309 e. The zero-order valence-corrected chi connectivity index (χ0v) is 17.4. The topological polar surface area (TPSA) is 68.1 Å². The number of hydrogen-bond donors (Lipinski definition) is 0. The second kappa shape index (κ2) is 7.84. The smallest absolute Gasteiger partial charge is 0.243 e. The monoisotopic (exact) mass is 416 g/mol. The summed E-state index contributed by atoms with van der Waals surface area (Å²) >= 11 is 0. The van der Waals surface area contributed by atoms with Gasteiger partial charge >= 0.3 is 0 Å². The highest BCUT2D eigenvalue weighted by Crippen LogP contribution is 2.31. The molecule has 6 nitrogen and oxygen atoms in total. The van der Waals surface area contributed by atoms with Crippen molar-refractivity contribution in [2.45, 2.75) is 44.0 Å². The number of piperidine rings is 1. The molecule has 1 saturated heterocycles. The summed E-state index contributed by atoms with van der Waals surface area (Å²) in [5, 5.41) is 0. The highest BCUT2D eigenvalue weighted by molar-refractivity contribution is 7.89. The molecule has 0 atom stereocenters. The van der Waals surface area contributed by atoms with Crippen LogP contribution in [0, 0.1) is 11.7 Å². The molecule has 2 aromatic heterocycles. The molecule has 1 fully saturated rings. The van der Waals surface area contributed by atoms with Crippen LogP contribution in [0.3, 0.4) is 0 Å². The Balaban J connectivity index is 1.58. The average Bonchev–Trinajstić information content (AvgIpc) is 3.05. The Bertz CT molecular complexity index is 1100. The van der Waals surface area contributed by atoms with Gasteiger partial charge in [0, 0.05) is 31.7 Å².